The van der Waals surface area contributed by atoms with Crippen molar-refractivity contribution < 1.29 is 52.6 Å². The molecule has 18 nitrogen and oxygen atoms in total. The number of aryl methyl sites for hydroxylation is 3. The maximum Gasteiger partial charge on any atom is 0.226 e. The monoisotopic (exact) mass is 986 g/mol. The average Bonchev–Trinajstić information content (AvgIpc) is 3.30. The number of benzene rings is 3. The van der Waals surface area contributed by atoms with Crippen LogP contribution in [0.3, 0.4) is 0 Å². The van der Waals surface area contributed by atoms with Crippen LogP contribution in [0.4, 0.5) is 17.1 Å². The summed E-state index contributed by atoms with van der Waals surface area (Å²) >= 11 is 0. The lowest BCUT2D eigenvalue weighted by Crippen LogP contribution is -2.59. The summed E-state index contributed by atoms with van der Waals surface area (Å²) < 4.78 is 18.0. The molecule has 7 amide bonds. The van der Waals surface area contributed by atoms with Crippen molar-refractivity contribution in [1.29, 1.82) is 0 Å². The van der Waals surface area contributed by atoms with Crippen molar-refractivity contribution in [1.82, 2.24) is 21.3 Å². The lowest BCUT2D eigenvalue weighted by Gasteiger charge is -2.34. The van der Waals surface area contributed by atoms with Crippen molar-refractivity contribution in [2.45, 2.75) is 105 Å². The largest absolute Gasteiger partial charge is 0.378 e. The molecule has 1 unspecified atom stereocenters. The molecule has 0 spiro atoms. The molecule has 0 aliphatic rings. The van der Waals surface area contributed by atoms with Crippen LogP contribution in [0.1, 0.15) is 95.8 Å². The molecule has 0 aliphatic heterocycles. The smallest absolute Gasteiger partial charge is 0.226 e. The molecule has 0 bridgehead atoms. The number of ether oxygens (including phenoxy) is 3. The van der Waals surface area contributed by atoms with Crippen molar-refractivity contribution in [3.63, 3.8) is 0 Å². The minimum atomic E-state index is -1.40. The Morgan fingerprint density at radius 1 is 0.437 bits per heavy atom. The van der Waals surface area contributed by atoms with E-state index in [2.05, 4.69) is 37.2 Å². The molecule has 0 heterocycles. The highest BCUT2D eigenvalue weighted by molar-refractivity contribution is 5.92. The highest BCUT2D eigenvalue weighted by Crippen LogP contribution is 2.22. The zero-order valence-electron chi connectivity index (χ0n) is 42.5. The van der Waals surface area contributed by atoms with Crippen LogP contribution in [0.5, 0.6) is 0 Å². The predicted octanol–water partition coefficient (Wildman–Crippen LogP) is 5.45. The Balaban J connectivity index is 1.63. The van der Waals surface area contributed by atoms with E-state index in [1.807, 2.05) is 77.9 Å². The molecule has 3 aromatic carbocycles. The van der Waals surface area contributed by atoms with E-state index >= 15 is 0 Å². The first kappa shape index (κ1) is 58.8. The van der Waals surface area contributed by atoms with Crippen molar-refractivity contribution in [2.24, 2.45) is 11.3 Å². The van der Waals surface area contributed by atoms with Gasteiger partial charge in [-0.3, -0.25) is 38.4 Å². The van der Waals surface area contributed by atoms with E-state index in [9.17, 15) is 38.4 Å². The Bertz CT molecular complexity index is 1990. The molecule has 18 heteroatoms. The third kappa shape index (κ3) is 25.8. The van der Waals surface area contributed by atoms with Gasteiger partial charge in [0.15, 0.2) is 0 Å². The first-order chi connectivity index (χ1) is 33.7. The van der Waals surface area contributed by atoms with Gasteiger partial charge in [-0.1, -0.05) is 80.8 Å². The normalized spacial score (nSPS) is 11.7. The molecule has 0 aliphatic carbocycles. The molecule has 71 heavy (non-hydrogen) atoms. The summed E-state index contributed by atoms with van der Waals surface area (Å²) in [6.07, 6.45) is 0.0500. The summed E-state index contributed by atoms with van der Waals surface area (Å²) in [5.74, 6) is -2.66. The molecule has 0 saturated carbocycles. The number of carbonyl (C=O) groups is 8. The van der Waals surface area contributed by atoms with Crippen LogP contribution in [0.25, 0.3) is 0 Å². The summed E-state index contributed by atoms with van der Waals surface area (Å²) in [6.45, 7) is 12.4. The van der Waals surface area contributed by atoms with Gasteiger partial charge in [-0.15, -0.1) is 0 Å². The third-order valence-corrected chi connectivity index (χ3v) is 10.9. The Hall–Kier alpha value is -6.50. The maximum absolute atomic E-state index is 13.8. The van der Waals surface area contributed by atoms with Crippen LogP contribution in [0, 0.1) is 32.1 Å². The summed E-state index contributed by atoms with van der Waals surface area (Å²) in [7, 11) is 0. The molecule has 0 aromatic heterocycles. The fraction of sp³-hybridized carbons (Fsp3) is 0.509. The van der Waals surface area contributed by atoms with Gasteiger partial charge in [-0.05, 0) is 63.1 Å². The molecule has 0 saturated heterocycles. The Labute approximate surface area is 418 Å². The summed E-state index contributed by atoms with van der Waals surface area (Å²) in [5.41, 5.74) is 3.12. The van der Waals surface area contributed by atoms with E-state index < -0.39 is 16.9 Å². The van der Waals surface area contributed by atoms with Gasteiger partial charge in [-0.25, -0.2) is 0 Å². The number of ketones is 1. The lowest BCUT2D eigenvalue weighted by molar-refractivity contribution is -0.132. The quantitative estimate of drug-likeness (QED) is 0.0388. The van der Waals surface area contributed by atoms with Crippen molar-refractivity contribution in [3.05, 3.63) is 89.5 Å². The zero-order valence-corrected chi connectivity index (χ0v) is 42.5. The zero-order chi connectivity index (χ0) is 52.2. The molecule has 0 radical (unpaired) electrons. The standard InChI is InChI=1S/C53H75N7O11/c1-37-8-14-41(15-9-37)57-48(65)20-26-54-45(62)23-29-69-34-53(60-51(68)33-40(4)32-44(61)52(5,6)7,35-70-30-24-46(63)55-27-21-49(66)58-42-16-10-38(2)11-17-42)36-71-31-25-47(64)56-28-22-50(67)59-43-18-12-39(3)13-19-43/h8-19,40H,20-36H2,1-7H3,(H,54,62)(H,55,63)(H,56,64)(H,57,65)(H,58,66)(H,59,67)(H,60,68). The second-order valence-electron chi connectivity index (χ2n) is 19.0. The van der Waals surface area contributed by atoms with E-state index in [1.54, 1.807) is 43.3 Å². The molecule has 3 aromatic rings. The van der Waals surface area contributed by atoms with E-state index in [-0.39, 0.29) is 158 Å². The first-order valence-corrected chi connectivity index (χ1v) is 24.2. The number of hydrogen-bond acceptors (Lipinski definition) is 11. The number of Topliss-reactive ketones (excluding diaryl/α,β-unsaturated/α-hetero) is 1. The molecule has 388 valence electrons. The van der Waals surface area contributed by atoms with Crippen molar-refractivity contribution in [3.8, 4) is 0 Å². The SMILES string of the molecule is Cc1ccc(NC(=O)CCNC(=O)CCOCC(COCCC(=O)NCCC(=O)Nc2ccc(C)cc2)(COCCC(=O)NCCC(=O)Nc2ccc(C)cc2)NC(=O)CC(C)CC(=O)C(C)(C)C)cc1. The van der Waals surface area contributed by atoms with Gasteiger partial charge in [0.25, 0.3) is 0 Å². The minimum Gasteiger partial charge on any atom is -0.378 e. The number of rotatable bonds is 32. The van der Waals surface area contributed by atoms with Gasteiger partial charge in [0.05, 0.1) is 39.6 Å². The number of hydrogen-bond donors (Lipinski definition) is 7. The summed E-state index contributed by atoms with van der Waals surface area (Å²) in [6, 6.07) is 22.0. The molecule has 0 fully saturated rings. The molecule has 3 rings (SSSR count). The average molecular weight is 986 g/mol. The van der Waals surface area contributed by atoms with Crippen molar-refractivity contribution >= 4 is 64.2 Å². The van der Waals surface area contributed by atoms with Crippen LogP contribution in [0.15, 0.2) is 72.8 Å². The fourth-order valence-electron chi connectivity index (χ4n) is 6.68. The number of nitrogens with one attached hydrogen (secondary N) is 7. The van der Waals surface area contributed by atoms with Gasteiger partial charge in [-0.2, -0.15) is 0 Å². The van der Waals surface area contributed by atoms with E-state index in [4.69, 9.17) is 14.2 Å². The molecule has 7 N–H and O–H groups in total. The highest BCUT2D eigenvalue weighted by atomic mass is 16.5. The summed E-state index contributed by atoms with van der Waals surface area (Å²) in [4.78, 5) is 102. The van der Waals surface area contributed by atoms with Crippen molar-refractivity contribution in [2.75, 3.05) is 75.2 Å². The third-order valence-electron chi connectivity index (χ3n) is 10.9. The molecule has 1 atom stereocenters. The van der Waals surface area contributed by atoms with Gasteiger partial charge in [0.2, 0.25) is 41.4 Å². The summed E-state index contributed by atoms with van der Waals surface area (Å²) in [5, 5.41) is 19.5. The topological polar surface area (TPSA) is 248 Å². The van der Waals surface area contributed by atoms with E-state index in [0.29, 0.717) is 17.1 Å². The second kappa shape index (κ2) is 31.0. The van der Waals surface area contributed by atoms with Gasteiger partial charge >= 0.3 is 0 Å². The number of anilines is 3. The van der Waals surface area contributed by atoms with Gasteiger partial charge in [0.1, 0.15) is 11.3 Å². The van der Waals surface area contributed by atoms with Crippen LogP contribution in [0.2, 0.25) is 0 Å². The van der Waals surface area contributed by atoms with E-state index in [1.165, 1.54) is 0 Å². The minimum absolute atomic E-state index is 0.000388. The number of carbonyl (C=O) groups excluding carboxylic acids is 8. The van der Waals surface area contributed by atoms with E-state index in [0.717, 1.165) is 16.7 Å². The maximum atomic E-state index is 13.8. The highest BCUT2D eigenvalue weighted by Gasteiger charge is 2.35. The number of amides is 7. The predicted molar refractivity (Wildman–Crippen MR) is 272 cm³/mol. The Kier molecular flexibility index (Phi) is 25.7. The fourth-order valence-corrected chi connectivity index (χ4v) is 6.68. The Morgan fingerprint density at radius 3 is 1.04 bits per heavy atom. The molecular formula is C53H75N7O11. The van der Waals surface area contributed by atoms with Crippen LogP contribution in [-0.2, 0) is 52.6 Å². The van der Waals surface area contributed by atoms with Crippen LogP contribution in [-0.4, -0.2) is 112 Å². The Morgan fingerprint density at radius 2 is 0.746 bits per heavy atom. The van der Waals surface area contributed by atoms with Crippen LogP contribution >= 0.6 is 0 Å². The lowest BCUT2D eigenvalue weighted by atomic mass is 9.84. The first-order valence-electron chi connectivity index (χ1n) is 24.2. The second-order valence-corrected chi connectivity index (χ2v) is 19.0. The molecular weight excluding hydrogens is 911 g/mol. The van der Waals surface area contributed by atoms with Crippen LogP contribution < -0.4 is 37.2 Å². The van der Waals surface area contributed by atoms with Gasteiger partial charge in [0, 0.05) is 93.5 Å². The van der Waals surface area contributed by atoms with Gasteiger partial charge < -0.3 is 51.4 Å².